The van der Waals surface area contributed by atoms with Crippen LogP contribution in [-0.4, -0.2) is 41.1 Å². The first-order valence-corrected chi connectivity index (χ1v) is 5.88. The Kier molecular flexibility index (Phi) is 4.98. The average molecular weight is 267 g/mol. The van der Waals surface area contributed by atoms with Crippen molar-refractivity contribution in [3.8, 4) is 0 Å². The molecule has 104 valence electrons. The summed E-state index contributed by atoms with van der Waals surface area (Å²) in [7, 11) is 0. The van der Waals surface area contributed by atoms with Gasteiger partial charge in [0.2, 0.25) is 0 Å². The topological polar surface area (TPSA) is 57.6 Å². The van der Waals surface area contributed by atoms with Crippen molar-refractivity contribution in [3.05, 3.63) is 0 Å². The number of amides is 1. The zero-order valence-corrected chi connectivity index (χ0v) is 9.87. The first-order valence-electron chi connectivity index (χ1n) is 5.88. The number of rotatable bonds is 4. The van der Waals surface area contributed by atoms with Gasteiger partial charge in [-0.15, -0.1) is 0 Å². The summed E-state index contributed by atoms with van der Waals surface area (Å²) in [6.07, 6.45) is -2.45. The van der Waals surface area contributed by atoms with Crippen LogP contribution in [0.15, 0.2) is 0 Å². The van der Waals surface area contributed by atoms with E-state index in [0.717, 1.165) is 4.90 Å². The lowest BCUT2D eigenvalue weighted by molar-refractivity contribution is -0.186. The van der Waals surface area contributed by atoms with Gasteiger partial charge in [-0.3, -0.25) is 9.59 Å². The molecule has 0 aliphatic carbocycles. The van der Waals surface area contributed by atoms with E-state index in [0.29, 0.717) is 25.7 Å². The molecule has 1 aliphatic rings. The number of hydrogen-bond donors (Lipinski definition) is 1. The third kappa shape index (κ3) is 4.54. The number of likely N-dealkylation sites (tertiary alicyclic amines) is 1. The fraction of sp³-hybridized carbons (Fsp3) is 0.818. The minimum atomic E-state index is -4.80. The average Bonchev–Trinajstić information content (AvgIpc) is 2.27. The fourth-order valence-electron chi connectivity index (χ4n) is 2.15. The number of hydrogen-bond acceptors (Lipinski definition) is 2. The molecule has 1 aliphatic heterocycles. The Morgan fingerprint density at radius 2 is 1.78 bits per heavy atom. The molecule has 4 nitrogen and oxygen atoms in total. The molecule has 0 spiro atoms. The van der Waals surface area contributed by atoms with Crippen molar-refractivity contribution in [2.75, 3.05) is 13.1 Å². The summed E-state index contributed by atoms with van der Waals surface area (Å²) in [6, 6.07) is 0. The van der Waals surface area contributed by atoms with Crippen LogP contribution in [0, 0.1) is 5.92 Å². The normalized spacial score (nSPS) is 17.8. The van der Waals surface area contributed by atoms with Crippen LogP contribution >= 0.6 is 0 Å². The summed E-state index contributed by atoms with van der Waals surface area (Å²) in [5.74, 6) is -2.41. The summed E-state index contributed by atoms with van der Waals surface area (Å²) < 4.78 is 36.5. The zero-order chi connectivity index (χ0) is 13.8. The van der Waals surface area contributed by atoms with E-state index in [4.69, 9.17) is 5.11 Å². The molecule has 0 aromatic rings. The van der Waals surface area contributed by atoms with Crippen LogP contribution in [-0.2, 0) is 9.59 Å². The van der Waals surface area contributed by atoms with E-state index in [2.05, 4.69) is 0 Å². The number of nitrogens with zero attached hydrogens (tertiary/aromatic N) is 1. The van der Waals surface area contributed by atoms with Crippen LogP contribution in [0.25, 0.3) is 0 Å². The Balaban J connectivity index is 2.28. The molecular weight excluding hydrogens is 251 g/mol. The first kappa shape index (κ1) is 14.8. The van der Waals surface area contributed by atoms with Crippen molar-refractivity contribution in [2.45, 2.75) is 38.3 Å². The zero-order valence-electron chi connectivity index (χ0n) is 9.87. The van der Waals surface area contributed by atoms with Crippen LogP contribution in [0.4, 0.5) is 13.2 Å². The standard InChI is InChI=1S/C11H16F3NO3/c12-11(13,14)10(18)15-6-4-8(5-7-15)2-1-3-9(16)17/h8H,1-7H2,(H,16,17). The van der Waals surface area contributed by atoms with Crippen molar-refractivity contribution in [2.24, 2.45) is 5.92 Å². The largest absolute Gasteiger partial charge is 0.481 e. The number of carbonyl (C=O) groups excluding carboxylic acids is 1. The number of carbonyl (C=O) groups is 2. The lowest BCUT2D eigenvalue weighted by Gasteiger charge is -2.32. The van der Waals surface area contributed by atoms with Gasteiger partial charge in [0.05, 0.1) is 0 Å². The number of carboxylic acid groups (broad SMARTS) is 1. The van der Waals surface area contributed by atoms with Crippen molar-refractivity contribution >= 4 is 11.9 Å². The number of piperidine rings is 1. The lowest BCUT2D eigenvalue weighted by Crippen LogP contribution is -2.45. The molecule has 1 rings (SSSR count). The molecule has 0 aromatic carbocycles. The lowest BCUT2D eigenvalue weighted by atomic mass is 9.91. The van der Waals surface area contributed by atoms with Crippen LogP contribution in [0.1, 0.15) is 32.1 Å². The number of halogens is 3. The molecule has 7 heteroatoms. The quantitative estimate of drug-likeness (QED) is 0.848. The monoisotopic (exact) mass is 267 g/mol. The number of alkyl halides is 3. The Morgan fingerprint density at radius 1 is 1.22 bits per heavy atom. The van der Waals surface area contributed by atoms with Crippen LogP contribution in [0.3, 0.4) is 0 Å². The summed E-state index contributed by atoms with van der Waals surface area (Å²) >= 11 is 0. The van der Waals surface area contributed by atoms with Gasteiger partial charge in [0.15, 0.2) is 0 Å². The summed E-state index contributed by atoms with van der Waals surface area (Å²) in [6.45, 7) is 0.214. The number of carboxylic acids is 1. The third-order valence-electron chi connectivity index (χ3n) is 3.15. The summed E-state index contributed by atoms with van der Waals surface area (Å²) in [5.41, 5.74) is 0. The van der Waals surface area contributed by atoms with Crippen molar-refractivity contribution < 1.29 is 27.9 Å². The maximum atomic E-state index is 12.2. The fourth-order valence-corrected chi connectivity index (χ4v) is 2.15. The van der Waals surface area contributed by atoms with Gasteiger partial charge in [0, 0.05) is 19.5 Å². The van der Waals surface area contributed by atoms with E-state index in [-0.39, 0.29) is 25.4 Å². The Morgan fingerprint density at radius 3 is 2.22 bits per heavy atom. The van der Waals surface area contributed by atoms with Crippen molar-refractivity contribution in [1.82, 2.24) is 4.90 Å². The minimum absolute atomic E-state index is 0.0850. The predicted molar refractivity (Wildman–Crippen MR) is 56.8 cm³/mol. The maximum absolute atomic E-state index is 12.2. The maximum Gasteiger partial charge on any atom is 0.471 e. The second-order valence-corrected chi connectivity index (χ2v) is 4.52. The molecule has 0 saturated carbocycles. The van der Waals surface area contributed by atoms with Gasteiger partial charge in [0.25, 0.3) is 0 Å². The molecule has 1 saturated heterocycles. The molecular formula is C11H16F3NO3. The van der Waals surface area contributed by atoms with E-state index in [1.807, 2.05) is 0 Å². The number of aliphatic carboxylic acids is 1. The van der Waals surface area contributed by atoms with E-state index >= 15 is 0 Å². The Labute approximate surface area is 103 Å². The van der Waals surface area contributed by atoms with Gasteiger partial charge in [-0.05, 0) is 31.6 Å². The molecule has 1 heterocycles. The van der Waals surface area contributed by atoms with Gasteiger partial charge in [0.1, 0.15) is 0 Å². The molecule has 18 heavy (non-hydrogen) atoms. The van der Waals surface area contributed by atoms with E-state index in [1.54, 1.807) is 0 Å². The Bertz CT molecular complexity index is 309. The highest BCUT2D eigenvalue weighted by Crippen LogP contribution is 2.26. The molecule has 0 radical (unpaired) electrons. The smallest absolute Gasteiger partial charge is 0.471 e. The molecule has 1 amide bonds. The van der Waals surface area contributed by atoms with E-state index < -0.39 is 18.1 Å². The minimum Gasteiger partial charge on any atom is -0.481 e. The van der Waals surface area contributed by atoms with Gasteiger partial charge in [-0.1, -0.05) is 0 Å². The van der Waals surface area contributed by atoms with E-state index in [1.165, 1.54) is 0 Å². The van der Waals surface area contributed by atoms with Crippen molar-refractivity contribution in [1.29, 1.82) is 0 Å². The molecule has 0 atom stereocenters. The predicted octanol–water partition coefficient (Wildman–Crippen LogP) is 2.04. The van der Waals surface area contributed by atoms with Crippen molar-refractivity contribution in [3.63, 3.8) is 0 Å². The van der Waals surface area contributed by atoms with E-state index in [9.17, 15) is 22.8 Å². The molecule has 0 bridgehead atoms. The highest BCUT2D eigenvalue weighted by Gasteiger charge is 2.43. The summed E-state index contributed by atoms with van der Waals surface area (Å²) in [4.78, 5) is 22.1. The van der Waals surface area contributed by atoms with Gasteiger partial charge in [-0.2, -0.15) is 13.2 Å². The second kappa shape index (κ2) is 6.06. The highest BCUT2D eigenvalue weighted by molar-refractivity contribution is 5.81. The highest BCUT2D eigenvalue weighted by atomic mass is 19.4. The van der Waals surface area contributed by atoms with Crippen LogP contribution in [0.2, 0.25) is 0 Å². The molecule has 1 N–H and O–H groups in total. The van der Waals surface area contributed by atoms with Crippen LogP contribution < -0.4 is 0 Å². The van der Waals surface area contributed by atoms with Gasteiger partial charge >= 0.3 is 18.1 Å². The van der Waals surface area contributed by atoms with Gasteiger partial charge in [-0.25, -0.2) is 0 Å². The second-order valence-electron chi connectivity index (χ2n) is 4.52. The molecule has 1 fully saturated rings. The third-order valence-corrected chi connectivity index (χ3v) is 3.15. The summed E-state index contributed by atoms with van der Waals surface area (Å²) in [5, 5.41) is 8.47. The molecule has 0 aromatic heterocycles. The first-order chi connectivity index (χ1) is 8.30. The Hall–Kier alpha value is -1.27. The van der Waals surface area contributed by atoms with Crippen LogP contribution in [0.5, 0.6) is 0 Å². The van der Waals surface area contributed by atoms with Gasteiger partial charge < -0.3 is 10.0 Å². The molecule has 0 unspecified atom stereocenters. The SMILES string of the molecule is O=C(O)CCCC1CCN(C(=O)C(F)(F)F)CC1.